The summed E-state index contributed by atoms with van der Waals surface area (Å²) in [5, 5.41) is 0. The monoisotopic (exact) mass is 488 g/mol. The Morgan fingerprint density at radius 2 is 1.62 bits per heavy atom. The molecule has 2 heterocycles. The molecule has 37 heavy (non-hydrogen) atoms. The molecular weight excluding hydrogens is 460 g/mol. The number of rotatable bonds is 6. The molecule has 4 aromatic carbocycles. The van der Waals surface area contributed by atoms with Crippen LogP contribution in [0.1, 0.15) is 36.1 Å². The van der Waals surface area contributed by atoms with Gasteiger partial charge in [0, 0.05) is 22.8 Å². The van der Waals surface area contributed by atoms with Crippen LogP contribution in [-0.4, -0.2) is 12.2 Å². The van der Waals surface area contributed by atoms with Gasteiger partial charge in [0.15, 0.2) is 0 Å². The fourth-order valence-corrected chi connectivity index (χ4v) is 4.57. The third-order valence-electron chi connectivity index (χ3n) is 6.43. The van der Waals surface area contributed by atoms with E-state index in [-0.39, 0.29) is 5.60 Å². The Morgan fingerprint density at radius 3 is 2.43 bits per heavy atom. The van der Waals surface area contributed by atoms with Crippen LogP contribution in [0.5, 0.6) is 28.7 Å². The highest BCUT2D eigenvalue weighted by Gasteiger charge is 2.27. The lowest BCUT2D eigenvalue weighted by molar-refractivity contribution is 0.158. The third-order valence-corrected chi connectivity index (χ3v) is 6.43. The van der Waals surface area contributed by atoms with Crippen LogP contribution in [-0.2, 0) is 6.61 Å². The van der Waals surface area contributed by atoms with E-state index in [9.17, 15) is 0 Å². The molecule has 0 saturated carbocycles. The lowest BCUT2D eigenvalue weighted by atomic mass is 9.95. The minimum Gasteiger partial charge on any atom is -0.488 e. The van der Waals surface area contributed by atoms with E-state index in [0.29, 0.717) is 13.2 Å². The molecule has 0 radical (unpaired) electrons. The first-order valence-corrected chi connectivity index (χ1v) is 12.5. The molecule has 0 N–H and O–H groups in total. The van der Waals surface area contributed by atoms with Gasteiger partial charge in [-0.3, -0.25) is 0 Å². The summed E-state index contributed by atoms with van der Waals surface area (Å²) in [7, 11) is 0. The second kappa shape index (κ2) is 9.55. The molecule has 0 unspecified atom stereocenters. The normalized spacial score (nSPS) is 14.9. The van der Waals surface area contributed by atoms with Crippen molar-refractivity contribution in [1.82, 2.24) is 0 Å². The van der Waals surface area contributed by atoms with Crippen LogP contribution in [0.2, 0.25) is 0 Å². The molecule has 0 fully saturated rings. The van der Waals surface area contributed by atoms with Crippen LogP contribution >= 0.6 is 0 Å². The van der Waals surface area contributed by atoms with E-state index in [0.717, 1.165) is 56.6 Å². The predicted octanol–water partition coefficient (Wildman–Crippen LogP) is 8.18. The quantitative estimate of drug-likeness (QED) is 0.274. The number of hydrogen-bond donors (Lipinski definition) is 0. The summed E-state index contributed by atoms with van der Waals surface area (Å²) >= 11 is 0. The van der Waals surface area contributed by atoms with Gasteiger partial charge in [-0.15, -0.1) is 0 Å². The van der Waals surface area contributed by atoms with Crippen molar-refractivity contribution in [2.24, 2.45) is 0 Å². The van der Waals surface area contributed by atoms with Gasteiger partial charge >= 0.3 is 0 Å². The van der Waals surface area contributed by atoms with E-state index in [1.807, 2.05) is 86.6 Å². The molecule has 0 amide bonds. The summed E-state index contributed by atoms with van der Waals surface area (Å²) in [6.07, 6.45) is 6.34. The first-order chi connectivity index (χ1) is 18.0. The first kappa shape index (κ1) is 23.0. The number of ether oxygens (including phenoxy) is 4. The summed E-state index contributed by atoms with van der Waals surface area (Å²) in [6.45, 7) is 4.99. The van der Waals surface area contributed by atoms with Gasteiger partial charge < -0.3 is 18.9 Å². The summed E-state index contributed by atoms with van der Waals surface area (Å²) in [4.78, 5) is 0. The van der Waals surface area contributed by atoms with Crippen molar-refractivity contribution in [3.63, 3.8) is 0 Å². The summed E-state index contributed by atoms with van der Waals surface area (Å²) in [5.41, 5.74) is 4.80. The van der Waals surface area contributed by atoms with Gasteiger partial charge in [-0.2, -0.15) is 0 Å². The summed E-state index contributed by atoms with van der Waals surface area (Å²) in [6, 6.07) is 30.0. The smallest absolute Gasteiger partial charge is 0.137 e. The van der Waals surface area contributed by atoms with Crippen molar-refractivity contribution in [3.05, 3.63) is 119 Å². The molecule has 0 atom stereocenters. The molecular formula is C33H28O4. The van der Waals surface area contributed by atoms with Crippen molar-refractivity contribution in [2.75, 3.05) is 6.61 Å². The molecule has 0 bridgehead atoms. The third kappa shape index (κ3) is 4.96. The summed E-state index contributed by atoms with van der Waals surface area (Å²) in [5.74, 6) is 3.94. The molecule has 2 aliphatic rings. The average Bonchev–Trinajstić information content (AvgIpc) is 2.92. The fourth-order valence-electron chi connectivity index (χ4n) is 4.57. The molecule has 0 spiro atoms. The van der Waals surface area contributed by atoms with Gasteiger partial charge in [0.1, 0.15) is 47.6 Å². The van der Waals surface area contributed by atoms with Gasteiger partial charge in [-0.1, -0.05) is 48.5 Å². The van der Waals surface area contributed by atoms with Gasteiger partial charge in [0.2, 0.25) is 0 Å². The zero-order chi connectivity index (χ0) is 25.2. The van der Waals surface area contributed by atoms with Gasteiger partial charge in [0.25, 0.3) is 0 Å². The molecule has 0 aromatic heterocycles. The minimum atomic E-state index is -0.328. The SMILES string of the molecule is CC1(C)C=Cc2c(ccc3c2OCC(c2ccc(Oc4ccccc4)cc2OCc2ccccc2)=C3)O1. The summed E-state index contributed by atoms with van der Waals surface area (Å²) < 4.78 is 24.9. The standard InChI is InChI=1S/C33H28O4/c1-33(2)18-17-29-30(37-33)16-13-24-19-25(22-35-32(24)29)28-15-14-27(36-26-11-7-4-8-12-26)20-31(28)34-21-23-9-5-3-6-10-23/h3-20H,21-22H2,1-2H3. The zero-order valence-electron chi connectivity index (χ0n) is 20.9. The van der Waals surface area contributed by atoms with E-state index >= 15 is 0 Å². The highest BCUT2D eigenvalue weighted by atomic mass is 16.5. The largest absolute Gasteiger partial charge is 0.488 e. The van der Waals surface area contributed by atoms with E-state index in [1.54, 1.807) is 0 Å². The maximum absolute atomic E-state index is 6.35. The van der Waals surface area contributed by atoms with Crippen molar-refractivity contribution >= 4 is 17.7 Å². The van der Waals surface area contributed by atoms with Gasteiger partial charge in [-0.25, -0.2) is 0 Å². The molecule has 0 aliphatic carbocycles. The Kier molecular flexibility index (Phi) is 5.93. The van der Waals surface area contributed by atoms with Crippen LogP contribution in [0.4, 0.5) is 0 Å². The molecule has 4 aromatic rings. The van der Waals surface area contributed by atoms with Crippen molar-refractivity contribution in [3.8, 4) is 28.7 Å². The Bertz CT molecular complexity index is 1480. The minimum absolute atomic E-state index is 0.328. The van der Waals surface area contributed by atoms with E-state index in [2.05, 4.69) is 36.4 Å². The van der Waals surface area contributed by atoms with Crippen molar-refractivity contribution in [2.45, 2.75) is 26.1 Å². The van der Waals surface area contributed by atoms with Crippen molar-refractivity contribution < 1.29 is 18.9 Å². The van der Waals surface area contributed by atoms with Crippen molar-refractivity contribution in [1.29, 1.82) is 0 Å². The molecule has 4 nitrogen and oxygen atoms in total. The maximum Gasteiger partial charge on any atom is 0.137 e. The van der Waals surface area contributed by atoms with E-state index < -0.39 is 0 Å². The lowest BCUT2D eigenvalue weighted by Crippen LogP contribution is -2.27. The number of para-hydroxylation sites is 1. The topological polar surface area (TPSA) is 36.9 Å². The van der Waals surface area contributed by atoms with Crippen LogP contribution in [0, 0.1) is 0 Å². The number of benzene rings is 4. The van der Waals surface area contributed by atoms with Crippen LogP contribution in [0.25, 0.3) is 17.7 Å². The Balaban J connectivity index is 1.34. The molecule has 0 saturated heterocycles. The van der Waals surface area contributed by atoms with Gasteiger partial charge in [-0.05, 0) is 74.0 Å². The predicted molar refractivity (Wildman–Crippen MR) is 147 cm³/mol. The maximum atomic E-state index is 6.35. The first-order valence-electron chi connectivity index (χ1n) is 12.5. The van der Waals surface area contributed by atoms with E-state index in [1.165, 1.54) is 0 Å². The highest BCUT2D eigenvalue weighted by molar-refractivity contribution is 5.90. The van der Waals surface area contributed by atoms with Crippen LogP contribution < -0.4 is 18.9 Å². The molecule has 2 aliphatic heterocycles. The molecule has 6 rings (SSSR count). The molecule has 184 valence electrons. The Morgan fingerprint density at radius 1 is 0.838 bits per heavy atom. The number of fused-ring (bicyclic) bond motifs is 3. The Labute approximate surface area is 217 Å². The lowest BCUT2D eigenvalue weighted by Gasteiger charge is -2.30. The second-order valence-electron chi connectivity index (χ2n) is 9.74. The highest BCUT2D eigenvalue weighted by Crippen LogP contribution is 2.44. The van der Waals surface area contributed by atoms with Gasteiger partial charge in [0.05, 0.1) is 5.56 Å². The van der Waals surface area contributed by atoms with Crippen LogP contribution in [0.15, 0.2) is 97.1 Å². The van der Waals surface area contributed by atoms with Crippen LogP contribution in [0.3, 0.4) is 0 Å². The average molecular weight is 489 g/mol. The second-order valence-corrected chi connectivity index (χ2v) is 9.74. The fraction of sp³-hybridized carbons (Fsp3) is 0.152. The molecule has 4 heteroatoms. The Hall–Kier alpha value is -4.44. The van der Waals surface area contributed by atoms with E-state index in [4.69, 9.17) is 18.9 Å². The number of hydrogen-bond acceptors (Lipinski definition) is 4. The zero-order valence-corrected chi connectivity index (χ0v) is 20.9.